The molecule has 1 saturated carbocycles. The number of anilines is 1. The summed E-state index contributed by atoms with van der Waals surface area (Å²) in [5.41, 5.74) is 6.61. The average Bonchev–Trinajstić information content (AvgIpc) is 3.08. The second-order valence-corrected chi connectivity index (χ2v) is 6.16. The van der Waals surface area contributed by atoms with Gasteiger partial charge in [0.15, 0.2) is 0 Å². The van der Waals surface area contributed by atoms with Crippen molar-refractivity contribution in [3.63, 3.8) is 0 Å². The number of nitrogens with two attached hydrogens (primary N) is 1. The van der Waals surface area contributed by atoms with E-state index < -0.39 is 0 Å². The Bertz CT molecular complexity index is 609. The molecule has 0 unspecified atom stereocenters. The van der Waals surface area contributed by atoms with Gasteiger partial charge in [0.1, 0.15) is 5.75 Å². The van der Waals surface area contributed by atoms with Crippen LogP contribution in [-0.4, -0.2) is 26.8 Å². The maximum absolute atomic E-state index is 5.93. The van der Waals surface area contributed by atoms with E-state index in [2.05, 4.69) is 15.5 Å². The number of rotatable bonds is 5. The first-order chi connectivity index (χ1) is 10.3. The Labute approximate surface area is 128 Å². The molecule has 0 atom stereocenters. The third kappa shape index (κ3) is 3.29. The molecule has 2 N–H and O–H groups in total. The van der Waals surface area contributed by atoms with Gasteiger partial charge in [-0.15, -0.1) is 5.10 Å². The van der Waals surface area contributed by atoms with E-state index in [1.54, 1.807) is 0 Å². The van der Waals surface area contributed by atoms with Crippen molar-refractivity contribution in [2.45, 2.75) is 48.7 Å². The zero-order valence-corrected chi connectivity index (χ0v) is 12.8. The number of benzene rings is 1. The Morgan fingerprint density at radius 3 is 2.90 bits per heavy atom. The van der Waals surface area contributed by atoms with Crippen molar-refractivity contribution in [1.29, 1.82) is 0 Å². The van der Waals surface area contributed by atoms with Gasteiger partial charge in [-0.3, -0.25) is 0 Å². The fourth-order valence-electron chi connectivity index (χ4n) is 2.64. The molecule has 1 heterocycles. The van der Waals surface area contributed by atoms with Gasteiger partial charge in [0.05, 0.1) is 12.6 Å². The highest BCUT2D eigenvalue weighted by atomic mass is 32.2. The summed E-state index contributed by atoms with van der Waals surface area (Å²) in [5.74, 6) is 0.778. The second kappa shape index (κ2) is 6.34. The van der Waals surface area contributed by atoms with Crippen LogP contribution in [0, 0.1) is 0 Å². The first-order valence-electron chi connectivity index (χ1n) is 7.25. The van der Waals surface area contributed by atoms with Crippen LogP contribution in [0.25, 0.3) is 0 Å². The zero-order chi connectivity index (χ0) is 14.7. The number of hydrogen-bond acceptors (Lipinski definition) is 6. The standard InChI is InChI=1S/C14H19N5OS/c1-2-20-12-7-10(15)8-13(9-12)21-14-16-17-18-19(14)11-5-3-4-6-11/h7-9,11H,2-6,15H2,1H3. The Morgan fingerprint density at radius 2 is 2.14 bits per heavy atom. The Hall–Kier alpha value is -1.76. The minimum atomic E-state index is 0.426. The first kappa shape index (κ1) is 14.2. The van der Waals surface area contributed by atoms with Crippen molar-refractivity contribution >= 4 is 17.4 Å². The van der Waals surface area contributed by atoms with Crippen molar-refractivity contribution < 1.29 is 4.74 Å². The van der Waals surface area contributed by atoms with Gasteiger partial charge in [-0.25, -0.2) is 4.68 Å². The summed E-state index contributed by atoms with van der Waals surface area (Å²) in [5, 5.41) is 12.9. The largest absolute Gasteiger partial charge is 0.494 e. The fraction of sp³-hybridized carbons (Fsp3) is 0.500. The zero-order valence-electron chi connectivity index (χ0n) is 12.0. The molecule has 0 saturated heterocycles. The van der Waals surface area contributed by atoms with Crippen LogP contribution in [0.4, 0.5) is 5.69 Å². The Kier molecular flexibility index (Phi) is 4.28. The molecule has 0 radical (unpaired) electrons. The molecular weight excluding hydrogens is 286 g/mol. The SMILES string of the molecule is CCOc1cc(N)cc(Sc2nnnn2C2CCCC2)c1. The number of nitrogen functional groups attached to an aromatic ring is 1. The topological polar surface area (TPSA) is 78.8 Å². The third-order valence-corrected chi connectivity index (χ3v) is 4.48. The van der Waals surface area contributed by atoms with Gasteiger partial charge in [-0.2, -0.15) is 0 Å². The van der Waals surface area contributed by atoms with E-state index >= 15 is 0 Å². The van der Waals surface area contributed by atoms with Crippen molar-refractivity contribution in [3.05, 3.63) is 18.2 Å². The van der Waals surface area contributed by atoms with Crippen LogP contribution in [0.5, 0.6) is 5.75 Å². The predicted molar refractivity (Wildman–Crippen MR) is 81.5 cm³/mol. The monoisotopic (exact) mass is 305 g/mol. The summed E-state index contributed by atoms with van der Waals surface area (Å²) < 4.78 is 7.47. The maximum atomic E-state index is 5.93. The molecule has 112 valence electrons. The Morgan fingerprint density at radius 1 is 1.33 bits per heavy atom. The summed E-state index contributed by atoms with van der Waals surface area (Å²) in [4.78, 5) is 0.993. The normalized spacial score (nSPS) is 15.5. The minimum absolute atomic E-state index is 0.426. The van der Waals surface area contributed by atoms with Gasteiger partial charge in [-0.1, -0.05) is 12.8 Å². The molecule has 1 aliphatic rings. The van der Waals surface area contributed by atoms with Gasteiger partial charge in [-0.05, 0) is 54.1 Å². The summed E-state index contributed by atoms with van der Waals surface area (Å²) in [7, 11) is 0. The van der Waals surface area contributed by atoms with E-state index in [1.165, 1.54) is 24.6 Å². The third-order valence-electron chi connectivity index (χ3n) is 3.56. The van der Waals surface area contributed by atoms with Crippen LogP contribution in [0.15, 0.2) is 28.3 Å². The second-order valence-electron chi connectivity index (χ2n) is 5.12. The molecule has 1 fully saturated rings. The van der Waals surface area contributed by atoms with E-state index in [-0.39, 0.29) is 0 Å². The van der Waals surface area contributed by atoms with Crippen LogP contribution in [-0.2, 0) is 0 Å². The maximum Gasteiger partial charge on any atom is 0.214 e. The van der Waals surface area contributed by atoms with E-state index in [9.17, 15) is 0 Å². The number of aromatic nitrogens is 4. The van der Waals surface area contributed by atoms with Crippen molar-refractivity contribution in [2.24, 2.45) is 0 Å². The number of hydrogen-bond donors (Lipinski definition) is 1. The number of tetrazole rings is 1. The van der Waals surface area contributed by atoms with Crippen LogP contribution in [0.3, 0.4) is 0 Å². The highest BCUT2D eigenvalue weighted by Gasteiger charge is 2.22. The van der Waals surface area contributed by atoms with Gasteiger partial charge in [0.2, 0.25) is 5.16 Å². The van der Waals surface area contributed by atoms with Crippen molar-refractivity contribution in [3.8, 4) is 5.75 Å². The lowest BCUT2D eigenvalue weighted by Gasteiger charge is -2.11. The molecule has 7 heteroatoms. The smallest absolute Gasteiger partial charge is 0.214 e. The minimum Gasteiger partial charge on any atom is -0.494 e. The molecule has 1 aliphatic carbocycles. The molecule has 1 aromatic heterocycles. The van der Waals surface area contributed by atoms with Crippen molar-refractivity contribution in [2.75, 3.05) is 12.3 Å². The van der Waals surface area contributed by atoms with Gasteiger partial charge in [0.25, 0.3) is 0 Å². The molecule has 3 rings (SSSR count). The molecule has 0 aliphatic heterocycles. The van der Waals surface area contributed by atoms with Gasteiger partial charge >= 0.3 is 0 Å². The molecular formula is C14H19N5OS. The van der Waals surface area contributed by atoms with Crippen LogP contribution in [0.1, 0.15) is 38.6 Å². The van der Waals surface area contributed by atoms with Crippen molar-refractivity contribution in [1.82, 2.24) is 20.2 Å². The predicted octanol–water partition coefficient (Wildman–Crippen LogP) is 2.92. The lowest BCUT2D eigenvalue weighted by molar-refractivity contribution is 0.339. The highest BCUT2D eigenvalue weighted by Crippen LogP contribution is 2.35. The molecule has 0 amide bonds. The molecule has 0 spiro atoms. The summed E-state index contributed by atoms with van der Waals surface area (Å²) in [6.07, 6.45) is 4.81. The van der Waals surface area contributed by atoms with Gasteiger partial charge < -0.3 is 10.5 Å². The number of ether oxygens (including phenoxy) is 1. The molecule has 21 heavy (non-hydrogen) atoms. The van der Waals surface area contributed by atoms with E-state index in [0.29, 0.717) is 18.3 Å². The summed E-state index contributed by atoms with van der Waals surface area (Å²) in [6, 6.07) is 6.14. The molecule has 1 aromatic carbocycles. The lowest BCUT2D eigenvalue weighted by Crippen LogP contribution is -2.08. The Balaban J connectivity index is 1.82. The van der Waals surface area contributed by atoms with E-state index in [4.69, 9.17) is 10.5 Å². The summed E-state index contributed by atoms with van der Waals surface area (Å²) in [6.45, 7) is 2.57. The molecule has 2 aromatic rings. The van der Waals surface area contributed by atoms with Crippen LogP contribution in [0.2, 0.25) is 0 Å². The van der Waals surface area contributed by atoms with Gasteiger partial charge in [0, 0.05) is 16.6 Å². The van der Waals surface area contributed by atoms with E-state index in [1.807, 2.05) is 29.8 Å². The van der Waals surface area contributed by atoms with Crippen LogP contribution >= 0.6 is 11.8 Å². The molecule has 0 bridgehead atoms. The van der Waals surface area contributed by atoms with E-state index in [0.717, 1.165) is 28.6 Å². The quantitative estimate of drug-likeness (QED) is 0.856. The molecule has 6 nitrogen and oxygen atoms in total. The van der Waals surface area contributed by atoms with Crippen LogP contribution < -0.4 is 10.5 Å². The first-order valence-corrected chi connectivity index (χ1v) is 8.07. The average molecular weight is 305 g/mol. The highest BCUT2D eigenvalue weighted by molar-refractivity contribution is 7.99. The lowest BCUT2D eigenvalue weighted by atomic mass is 10.3. The fourth-order valence-corrected chi connectivity index (χ4v) is 3.58. The summed E-state index contributed by atoms with van der Waals surface area (Å²) >= 11 is 1.53. The number of nitrogens with zero attached hydrogens (tertiary/aromatic N) is 4.